The Hall–Kier alpha value is -2.44. The molecule has 24 heavy (non-hydrogen) atoms. The summed E-state index contributed by atoms with van der Waals surface area (Å²) < 4.78 is 2.10. The van der Waals surface area contributed by atoms with Crippen LogP contribution >= 0.6 is 0 Å². The van der Waals surface area contributed by atoms with Crippen molar-refractivity contribution in [1.82, 2.24) is 30.0 Å². The molecule has 3 aromatic rings. The van der Waals surface area contributed by atoms with Crippen LogP contribution < -0.4 is 5.32 Å². The van der Waals surface area contributed by atoms with Gasteiger partial charge in [-0.25, -0.2) is 4.98 Å². The highest BCUT2D eigenvalue weighted by Crippen LogP contribution is 2.24. The van der Waals surface area contributed by atoms with Crippen molar-refractivity contribution < 1.29 is 0 Å². The number of imidazole rings is 1. The molecule has 6 heteroatoms. The lowest BCUT2D eigenvalue weighted by atomic mass is 10.1. The number of hydrogen-bond acceptors (Lipinski definition) is 4. The van der Waals surface area contributed by atoms with Crippen LogP contribution in [0.1, 0.15) is 17.6 Å². The molecule has 0 bridgehead atoms. The molecule has 0 radical (unpaired) electrons. The second kappa shape index (κ2) is 6.59. The van der Waals surface area contributed by atoms with Crippen molar-refractivity contribution in [3.63, 3.8) is 0 Å². The maximum Gasteiger partial charge on any atom is 0.127 e. The van der Waals surface area contributed by atoms with Gasteiger partial charge in [-0.3, -0.25) is 10.00 Å². The maximum atomic E-state index is 4.54. The van der Waals surface area contributed by atoms with Crippen LogP contribution in [0.15, 0.2) is 48.8 Å². The van der Waals surface area contributed by atoms with Gasteiger partial charge in [0.15, 0.2) is 0 Å². The summed E-state index contributed by atoms with van der Waals surface area (Å²) in [7, 11) is 2.05. The number of piperazine rings is 1. The molecule has 0 saturated carbocycles. The second-order valence-electron chi connectivity index (χ2n) is 6.23. The van der Waals surface area contributed by atoms with Crippen molar-refractivity contribution in [2.24, 2.45) is 7.05 Å². The van der Waals surface area contributed by atoms with Gasteiger partial charge in [0.2, 0.25) is 0 Å². The molecular formula is C18H22N6. The largest absolute Gasteiger partial charge is 0.337 e. The van der Waals surface area contributed by atoms with E-state index < -0.39 is 0 Å². The van der Waals surface area contributed by atoms with Gasteiger partial charge in [-0.2, -0.15) is 5.10 Å². The van der Waals surface area contributed by atoms with E-state index in [0.29, 0.717) is 0 Å². The Labute approximate surface area is 141 Å². The van der Waals surface area contributed by atoms with Gasteiger partial charge in [0.1, 0.15) is 5.82 Å². The molecule has 1 fully saturated rings. The van der Waals surface area contributed by atoms with E-state index in [9.17, 15) is 0 Å². The number of rotatable bonds is 4. The average molecular weight is 322 g/mol. The Morgan fingerprint density at radius 1 is 1.25 bits per heavy atom. The second-order valence-corrected chi connectivity index (χ2v) is 6.23. The molecule has 2 aromatic heterocycles. The maximum absolute atomic E-state index is 4.54. The first-order valence-corrected chi connectivity index (χ1v) is 8.33. The van der Waals surface area contributed by atoms with Crippen molar-refractivity contribution in [1.29, 1.82) is 0 Å². The molecular weight excluding hydrogens is 300 g/mol. The molecule has 124 valence electrons. The Bertz CT molecular complexity index is 791. The molecule has 1 atom stereocenters. The lowest BCUT2D eigenvalue weighted by Crippen LogP contribution is -2.46. The number of aromatic amines is 1. The number of aryl methyl sites for hydroxylation is 1. The summed E-state index contributed by atoms with van der Waals surface area (Å²) in [5.41, 5.74) is 3.27. The summed E-state index contributed by atoms with van der Waals surface area (Å²) in [6.45, 7) is 3.77. The monoisotopic (exact) mass is 322 g/mol. The van der Waals surface area contributed by atoms with Gasteiger partial charge >= 0.3 is 0 Å². The van der Waals surface area contributed by atoms with Crippen LogP contribution in [0, 0.1) is 0 Å². The van der Waals surface area contributed by atoms with E-state index in [4.69, 9.17) is 0 Å². The molecule has 1 saturated heterocycles. The van der Waals surface area contributed by atoms with Gasteiger partial charge in [0.05, 0.1) is 11.7 Å². The third-order valence-electron chi connectivity index (χ3n) is 4.58. The molecule has 4 rings (SSSR count). The molecule has 2 N–H and O–H groups in total. The van der Waals surface area contributed by atoms with Gasteiger partial charge in [-0.1, -0.05) is 30.3 Å². The fourth-order valence-electron chi connectivity index (χ4n) is 3.31. The van der Waals surface area contributed by atoms with E-state index in [0.717, 1.165) is 49.0 Å². The first-order valence-electron chi connectivity index (χ1n) is 8.33. The summed E-state index contributed by atoms with van der Waals surface area (Å²) in [5, 5.41) is 11.1. The zero-order chi connectivity index (χ0) is 16.4. The lowest BCUT2D eigenvalue weighted by Gasteiger charge is -2.35. The minimum atomic E-state index is 0.280. The fourth-order valence-corrected chi connectivity index (χ4v) is 3.31. The number of H-pyrrole nitrogens is 1. The summed E-state index contributed by atoms with van der Waals surface area (Å²) in [4.78, 5) is 7.00. The standard InChI is InChI=1S/C18H22N6/c1-23-9-8-20-18(23)17-12-19-7-10-24(17)13-15-11-16(22-21-15)14-5-3-2-4-6-14/h2-6,8-9,11,17,19H,7,10,12-13H2,1H3,(H,21,22). The van der Waals surface area contributed by atoms with Gasteiger partial charge < -0.3 is 9.88 Å². The van der Waals surface area contributed by atoms with Gasteiger partial charge in [-0.05, 0) is 6.07 Å². The van der Waals surface area contributed by atoms with Gasteiger partial charge in [0, 0.05) is 56.9 Å². The highest BCUT2D eigenvalue weighted by Gasteiger charge is 2.27. The lowest BCUT2D eigenvalue weighted by molar-refractivity contribution is 0.143. The number of benzene rings is 1. The number of aromatic nitrogens is 4. The van der Waals surface area contributed by atoms with E-state index >= 15 is 0 Å². The van der Waals surface area contributed by atoms with Crippen LogP contribution in [0.3, 0.4) is 0 Å². The fraction of sp³-hybridized carbons (Fsp3) is 0.333. The Balaban J connectivity index is 1.53. The highest BCUT2D eigenvalue weighted by molar-refractivity contribution is 5.58. The van der Waals surface area contributed by atoms with Crippen LogP contribution in [0.2, 0.25) is 0 Å². The number of nitrogens with one attached hydrogen (secondary N) is 2. The Morgan fingerprint density at radius 2 is 2.12 bits per heavy atom. The van der Waals surface area contributed by atoms with Crippen molar-refractivity contribution in [2.45, 2.75) is 12.6 Å². The average Bonchev–Trinajstić information content (AvgIpc) is 3.25. The molecule has 1 unspecified atom stereocenters. The number of nitrogens with zero attached hydrogens (tertiary/aromatic N) is 4. The van der Waals surface area contributed by atoms with Crippen molar-refractivity contribution in [3.8, 4) is 11.3 Å². The van der Waals surface area contributed by atoms with Gasteiger partial charge in [-0.15, -0.1) is 0 Å². The molecule has 6 nitrogen and oxygen atoms in total. The summed E-state index contributed by atoms with van der Waals surface area (Å²) in [6, 6.07) is 12.7. The summed E-state index contributed by atoms with van der Waals surface area (Å²) in [6.07, 6.45) is 3.87. The van der Waals surface area contributed by atoms with E-state index in [1.165, 1.54) is 0 Å². The predicted molar refractivity (Wildman–Crippen MR) is 93.3 cm³/mol. The quantitative estimate of drug-likeness (QED) is 0.771. The van der Waals surface area contributed by atoms with Crippen LogP contribution in [0.4, 0.5) is 0 Å². The highest BCUT2D eigenvalue weighted by atomic mass is 15.3. The molecule has 0 spiro atoms. The van der Waals surface area contributed by atoms with Crippen molar-refractivity contribution >= 4 is 0 Å². The predicted octanol–water partition coefficient (Wildman–Crippen LogP) is 1.96. The third kappa shape index (κ3) is 2.98. The topological polar surface area (TPSA) is 61.8 Å². The van der Waals surface area contributed by atoms with E-state index in [-0.39, 0.29) is 6.04 Å². The SMILES string of the molecule is Cn1ccnc1C1CNCCN1Cc1cc(-c2ccccc2)n[nH]1. The van der Waals surface area contributed by atoms with Crippen molar-refractivity contribution in [3.05, 3.63) is 60.3 Å². The zero-order valence-corrected chi connectivity index (χ0v) is 13.8. The van der Waals surface area contributed by atoms with Gasteiger partial charge in [0.25, 0.3) is 0 Å². The minimum absolute atomic E-state index is 0.280. The molecule has 1 aromatic carbocycles. The first-order chi connectivity index (χ1) is 11.8. The van der Waals surface area contributed by atoms with E-state index in [1.807, 2.05) is 30.6 Å². The summed E-state index contributed by atoms with van der Waals surface area (Å²) >= 11 is 0. The zero-order valence-electron chi connectivity index (χ0n) is 13.8. The molecule has 0 amide bonds. The first kappa shape index (κ1) is 15.1. The smallest absolute Gasteiger partial charge is 0.127 e. The van der Waals surface area contributed by atoms with Crippen LogP contribution in [-0.4, -0.2) is 44.3 Å². The van der Waals surface area contributed by atoms with Crippen LogP contribution in [-0.2, 0) is 13.6 Å². The van der Waals surface area contributed by atoms with Crippen LogP contribution in [0.5, 0.6) is 0 Å². The van der Waals surface area contributed by atoms with Crippen LogP contribution in [0.25, 0.3) is 11.3 Å². The molecule has 1 aliphatic rings. The van der Waals surface area contributed by atoms with Crippen molar-refractivity contribution in [2.75, 3.05) is 19.6 Å². The Morgan fingerprint density at radius 3 is 2.92 bits per heavy atom. The summed E-state index contributed by atoms with van der Waals surface area (Å²) in [5.74, 6) is 1.10. The third-order valence-corrected chi connectivity index (χ3v) is 4.58. The Kier molecular flexibility index (Phi) is 4.15. The number of hydrogen-bond donors (Lipinski definition) is 2. The molecule has 0 aliphatic carbocycles. The van der Waals surface area contributed by atoms with E-state index in [1.54, 1.807) is 0 Å². The molecule has 3 heterocycles. The normalized spacial score (nSPS) is 18.8. The van der Waals surface area contributed by atoms with E-state index in [2.05, 4.69) is 55.2 Å². The molecule has 1 aliphatic heterocycles. The minimum Gasteiger partial charge on any atom is -0.337 e.